The predicted octanol–water partition coefficient (Wildman–Crippen LogP) is 3.47. The number of piperidine rings is 1. The van der Waals surface area contributed by atoms with Crippen molar-refractivity contribution in [2.24, 2.45) is 11.7 Å². The van der Waals surface area contributed by atoms with Gasteiger partial charge in [0.1, 0.15) is 0 Å². The van der Waals surface area contributed by atoms with Crippen molar-refractivity contribution in [1.82, 2.24) is 4.90 Å². The number of thiophene rings is 1. The Balaban J connectivity index is 2.17. The Morgan fingerprint density at radius 2 is 2.33 bits per heavy atom. The van der Waals surface area contributed by atoms with Crippen molar-refractivity contribution in [3.05, 3.63) is 19.2 Å². The third kappa shape index (κ3) is 2.98. The van der Waals surface area contributed by atoms with E-state index in [9.17, 15) is 4.79 Å². The van der Waals surface area contributed by atoms with E-state index in [0.717, 1.165) is 32.5 Å². The van der Waals surface area contributed by atoms with E-state index >= 15 is 0 Å². The van der Waals surface area contributed by atoms with Crippen LogP contribution in [-0.4, -0.2) is 29.9 Å². The molecular formula is C12H16Br2N2OS. The van der Waals surface area contributed by atoms with E-state index in [0.29, 0.717) is 12.5 Å². The van der Waals surface area contributed by atoms with Crippen LogP contribution >= 0.6 is 43.2 Å². The van der Waals surface area contributed by atoms with E-state index in [1.165, 1.54) is 11.3 Å². The summed E-state index contributed by atoms with van der Waals surface area (Å²) in [5.41, 5.74) is 5.80. The third-order valence-corrected chi connectivity index (χ3v) is 6.61. The number of hydrogen-bond donors (Lipinski definition) is 1. The van der Waals surface area contributed by atoms with Crippen LogP contribution in [0.5, 0.6) is 0 Å². The first kappa shape index (κ1) is 14.5. The van der Waals surface area contributed by atoms with Gasteiger partial charge in [0, 0.05) is 23.6 Å². The summed E-state index contributed by atoms with van der Waals surface area (Å²) in [6, 6.07) is 2.06. The average molecular weight is 396 g/mol. The maximum atomic E-state index is 12.5. The van der Waals surface area contributed by atoms with Crippen molar-refractivity contribution in [2.75, 3.05) is 13.1 Å². The van der Waals surface area contributed by atoms with Crippen LogP contribution in [0.4, 0.5) is 0 Å². The Hall–Kier alpha value is 0.0900. The van der Waals surface area contributed by atoms with Crippen LogP contribution < -0.4 is 5.73 Å². The molecule has 2 unspecified atom stereocenters. The Kier molecular flexibility index (Phi) is 4.86. The van der Waals surface area contributed by atoms with Gasteiger partial charge < -0.3 is 10.6 Å². The van der Waals surface area contributed by atoms with E-state index in [4.69, 9.17) is 5.73 Å². The number of rotatable bonds is 2. The predicted molar refractivity (Wildman–Crippen MR) is 82.0 cm³/mol. The zero-order valence-electron chi connectivity index (χ0n) is 10.2. The van der Waals surface area contributed by atoms with Gasteiger partial charge in [0.15, 0.2) is 0 Å². The highest BCUT2D eigenvalue weighted by atomic mass is 79.9. The molecule has 100 valence electrons. The van der Waals surface area contributed by atoms with Crippen molar-refractivity contribution >= 4 is 49.1 Å². The Labute approximate surface area is 128 Å². The van der Waals surface area contributed by atoms with Gasteiger partial charge in [-0.2, -0.15) is 0 Å². The molecule has 2 N–H and O–H groups in total. The first-order chi connectivity index (χ1) is 8.52. The zero-order chi connectivity index (χ0) is 13.3. The molecule has 1 aromatic heterocycles. The number of carbonyl (C=O) groups is 1. The maximum Gasteiger partial charge on any atom is 0.264 e. The highest BCUT2D eigenvalue weighted by Gasteiger charge is 2.30. The molecule has 0 aliphatic carbocycles. The summed E-state index contributed by atoms with van der Waals surface area (Å²) in [6.45, 7) is 3.58. The number of halogens is 2. The second kappa shape index (κ2) is 6.03. The van der Waals surface area contributed by atoms with Crippen LogP contribution in [0, 0.1) is 5.92 Å². The van der Waals surface area contributed by atoms with Crippen LogP contribution in [-0.2, 0) is 0 Å². The molecule has 0 spiro atoms. The highest BCUT2D eigenvalue weighted by Crippen LogP contribution is 2.34. The Morgan fingerprint density at radius 1 is 1.61 bits per heavy atom. The van der Waals surface area contributed by atoms with Gasteiger partial charge in [-0.15, -0.1) is 11.3 Å². The van der Waals surface area contributed by atoms with E-state index in [1.54, 1.807) is 0 Å². The monoisotopic (exact) mass is 394 g/mol. The second-order valence-corrected chi connectivity index (χ2v) is 7.97. The lowest BCUT2D eigenvalue weighted by Crippen LogP contribution is -2.49. The molecule has 6 heteroatoms. The molecule has 1 aliphatic heterocycles. The summed E-state index contributed by atoms with van der Waals surface area (Å²) < 4.78 is 1.89. The summed E-state index contributed by atoms with van der Waals surface area (Å²) >= 11 is 8.31. The summed E-state index contributed by atoms with van der Waals surface area (Å²) in [5, 5.41) is 0. The largest absolute Gasteiger partial charge is 0.334 e. The molecular weight excluding hydrogens is 380 g/mol. The molecule has 1 saturated heterocycles. The molecule has 0 bridgehead atoms. The third-order valence-electron chi connectivity index (χ3n) is 3.37. The van der Waals surface area contributed by atoms with E-state index in [2.05, 4.69) is 38.8 Å². The van der Waals surface area contributed by atoms with Crippen molar-refractivity contribution in [3.8, 4) is 0 Å². The fourth-order valence-corrected chi connectivity index (χ4v) is 4.33. The number of hydrogen-bond acceptors (Lipinski definition) is 3. The van der Waals surface area contributed by atoms with Crippen LogP contribution in [0.3, 0.4) is 0 Å². The number of carbonyl (C=O) groups excluding carboxylic acids is 1. The molecule has 1 aliphatic rings. The van der Waals surface area contributed by atoms with Crippen molar-refractivity contribution in [3.63, 3.8) is 0 Å². The average Bonchev–Trinajstić information content (AvgIpc) is 2.68. The minimum absolute atomic E-state index is 0.105. The lowest BCUT2D eigenvalue weighted by molar-refractivity contribution is 0.0578. The van der Waals surface area contributed by atoms with E-state index < -0.39 is 0 Å². The van der Waals surface area contributed by atoms with E-state index in [-0.39, 0.29) is 11.9 Å². The molecule has 18 heavy (non-hydrogen) atoms. The molecule has 2 rings (SSSR count). The highest BCUT2D eigenvalue weighted by molar-refractivity contribution is 9.13. The molecule has 2 atom stereocenters. The molecule has 0 aromatic carbocycles. The molecule has 0 saturated carbocycles. The van der Waals surface area contributed by atoms with Gasteiger partial charge in [-0.3, -0.25) is 4.79 Å². The van der Waals surface area contributed by atoms with Gasteiger partial charge in [-0.25, -0.2) is 0 Å². The lowest BCUT2D eigenvalue weighted by Gasteiger charge is -2.37. The maximum absolute atomic E-state index is 12.5. The van der Waals surface area contributed by atoms with Crippen LogP contribution in [0.2, 0.25) is 0 Å². The smallest absolute Gasteiger partial charge is 0.264 e. The summed E-state index contributed by atoms with van der Waals surface area (Å²) in [5.74, 6) is 0.762. The van der Waals surface area contributed by atoms with Gasteiger partial charge in [-0.05, 0) is 56.7 Å². The number of nitrogens with two attached hydrogens (primary N) is 1. The molecule has 0 radical (unpaired) electrons. The fraction of sp³-hybridized carbons (Fsp3) is 0.583. The minimum Gasteiger partial charge on any atom is -0.334 e. The van der Waals surface area contributed by atoms with Crippen LogP contribution in [0.25, 0.3) is 0 Å². The van der Waals surface area contributed by atoms with Crippen LogP contribution in [0.15, 0.2) is 14.3 Å². The standard InChI is InChI=1S/C12H16Br2N2OS/c1-7-2-3-16(8(4-7)6-15)12(17)10-5-9(13)11(14)18-10/h5,7-8H,2-4,6,15H2,1H3. The van der Waals surface area contributed by atoms with E-state index in [1.807, 2.05) is 11.0 Å². The molecule has 1 fully saturated rings. The Bertz CT molecular complexity index is 430. The SMILES string of the molecule is CC1CCN(C(=O)c2cc(Br)c(Br)s2)C(CN)C1. The summed E-state index contributed by atoms with van der Waals surface area (Å²) in [4.78, 5) is 15.2. The van der Waals surface area contributed by atoms with Crippen molar-refractivity contribution in [2.45, 2.75) is 25.8 Å². The molecule has 3 nitrogen and oxygen atoms in total. The summed E-state index contributed by atoms with van der Waals surface area (Å²) in [7, 11) is 0. The second-order valence-electron chi connectivity index (χ2n) is 4.75. The minimum atomic E-state index is 0.105. The quantitative estimate of drug-likeness (QED) is 0.833. The van der Waals surface area contributed by atoms with Gasteiger partial charge in [0.05, 0.1) is 8.66 Å². The molecule has 2 heterocycles. The van der Waals surface area contributed by atoms with Crippen molar-refractivity contribution in [1.29, 1.82) is 0 Å². The Morgan fingerprint density at radius 3 is 2.89 bits per heavy atom. The first-order valence-electron chi connectivity index (χ1n) is 5.98. The summed E-state index contributed by atoms with van der Waals surface area (Å²) in [6.07, 6.45) is 2.08. The van der Waals surface area contributed by atoms with Gasteiger partial charge in [0.2, 0.25) is 0 Å². The topological polar surface area (TPSA) is 46.3 Å². The fourth-order valence-electron chi connectivity index (χ4n) is 2.34. The van der Waals surface area contributed by atoms with Gasteiger partial charge in [-0.1, -0.05) is 6.92 Å². The number of likely N-dealkylation sites (tertiary alicyclic amines) is 1. The number of amides is 1. The van der Waals surface area contributed by atoms with Gasteiger partial charge in [0.25, 0.3) is 5.91 Å². The number of nitrogens with zero attached hydrogens (tertiary/aromatic N) is 1. The molecule has 1 aromatic rings. The lowest BCUT2D eigenvalue weighted by atomic mass is 9.92. The van der Waals surface area contributed by atoms with Gasteiger partial charge >= 0.3 is 0 Å². The normalized spacial score (nSPS) is 24.3. The molecule has 1 amide bonds. The van der Waals surface area contributed by atoms with Crippen LogP contribution in [0.1, 0.15) is 29.4 Å². The first-order valence-corrected chi connectivity index (χ1v) is 8.39. The van der Waals surface area contributed by atoms with Crippen molar-refractivity contribution < 1.29 is 4.79 Å². The zero-order valence-corrected chi connectivity index (χ0v) is 14.1.